The summed E-state index contributed by atoms with van der Waals surface area (Å²) >= 11 is 0. The van der Waals surface area contributed by atoms with Crippen molar-refractivity contribution in [3.05, 3.63) is 158 Å². The van der Waals surface area contributed by atoms with E-state index in [-0.39, 0.29) is 19.3 Å². The predicted octanol–water partition coefficient (Wildman–Crippen LogP) is 27.3. The molecule has 5 atom stereocenters. The van der Waals surface area contributed by atoms with Crippen LogP contribution in [-0.4, -0.2) is 95.9 Å². The molecule has 5 unspecified atom stereocenters. The molecular formula is C95H162O16P2. The topological polar surface area (TPSA) is 231 Å². The maximum absolute atomic E-state index is 13.1. The Morgan fingerprint density at radius 2 is 0.469 bits per heavy atom. The number of phosphoric ester groups is 2. The van der Waals surface area contributed by atoms with E-state index >= 15 is 0 Å². The van der Waals surface area contributed by atoms with Gasteiger partial charge in [-0.05, 0) is 154 Å². The summed E-state index contributed by atoms with van der Waals surface area (Å²) in [7, 11) is -9.82. The molecule has 0 rings (SSSR count). The Kier molecular flexibility index (Phi) is 82.8. The summed E-state index contributed by atoms with van der Waals surface area (Å²) in [6.07, 6.45) is 110. The summed E-state index contributed by atoms with van der Waals surface area (Å²) in [6.45, 7) is 2.53. The smallest absolute Gasteiger partial charge is 0.463 e. The van der Waals surface area contributed by atoms with Crippen LogP contribution in [0.15, 0.2) is 158 Å². The minimum atomic E-state index is -4.95. The Bertz CT molecular complexity index is 2680. The number of phosphoric acid groups is 2. The van der Waals surface area contributed by atoms with Gasteiger partial charge in [0, 0.05) is 19.3 Å². The van der Waals surface area contributed by atoms with Crippen LogP contribution in [0.2, 0.25) is 0 Å². The molecule has 0 aliphatic heterocycles. The molecule has 0 aliphatic carbocycles. The Balaban J connectivity index is 4.65. The van der Waals surface area contributed by atoms with E-state index in [1.54, 1.807) is 0 Å². The van der Waals surface area contributed by atoms with Crippen LogP contribution in [0.3, 0.4) is 0 Å². The summed E-state index contributed by atoms with van der Waals surface area (Å²) in [5, 5.41) is 20.7. The van der Waals surface area contributed by atoms with E-state index in [4.69, 9.17) is 32.3 Å². The van der Waals surface area contributed by atoms with Gasteiger partial charge in [0.2, 0.25) is 0 Å². The molecule has 0 aromatic heterocycles. The quantitative estimate of drug-likeness (QED) is 0.0146. The van der Waals surface area contributed by atoms with Crippen molar-refractivity contribution in [2.75, 3.05) is 39.6 Å². The molecule has 0 bridgehead atoms. The lowest BCUT2D eigenvalue weighted by Gasteiger charge is -2.21. The highest BCUT2D eigenvalue weighted by Gasteiger charge is 2.29. The normalized spacial score (nSPS) is 14.6. The molecule has 4 N–H and O–H groups in total. The van der Waals surface area contributed by atoms with E-state index in [2.05, 4.69) is 179 Å². The molecule has 648 valence electrons. The number of hydrogen-bond donors (Lipinski definition) is 4. The molecule has 0 heterocycles. The summed E-state index contributed by atoms with van der Waals surface area (Å²) in [4.78, 5) is 59.0. The highest BCUT2D eigenvalue weighted by molar-refractivity contribution is 7.47. The lowest BCUT2D eigenvalue weighted by molar-refractivity contribution is -0.161. The van der Waals surface area contributed by atoms with Gasteiger partial charge in [-0.15, -0.1) is 0 Å². The van der Waals surface area contributed by atoms with E-state index in [0.29, 0.717) is 19.3 Å². The Labute approximate surface area is 689 Å². The van der Waals surface area contributed by atoms with Crippen LogP contribution in [-0.2, 0) is 55.8 Å². The van der Waals surface area contributed by atoms with Crippen LogP contribution in [0.1, 0.15) is 367 Å². The van der Waals surface area contributed by atoms with Gasteiger partial charge < -0.3 is 34.2 Å². The fraction of sp³-hybridized carbons (Fsp3) is 0.695. The van der Waals surface area contributed by atoms with Crippen LogP contribution < -0.4 is 0 Å². The van der Waals surface area contributed by atoms with Crippen molar-refractivity contribution in [3.8, 4) is 0 Å². The molecule has 0 saturated heterocycles. The minimum absolute atomic E-state index is 0.0870. The van der Waals surface area contributed by atoms with Crippen molar-refractivity contribution in [1.29, 1.82) is 0 Å². The molecule has 0 spiro atoms. The van der Waals surface area contributed by atoms with Gasteiger partial charge in [0.15, 0.2) is 6.10 Å². The third-order valence-electron chi connectivity index (χ3n) is 18.7. The molecule has 0 fully saturated rings. The fourth-order valence-corrected chi connectivity index (χ4v) is 13.5. The number of hydrogen-bond acceptors (Lipinski definition) is 14. The number of aliphatic hydroxyl groups is 2. The van der Waals surface area contributed by atoms with Gasteiger partial charge in [-0.1, -0.05) is 352 Å². The van der Waals surface area contributed by atoms with Gasteiger partial charge in [0.1, 0.15) is 25.4 Å². The molecular weight excluding hydrogens is 1460 g/mol. The monoisotopic (exact) mass is 1620 g/mol. The number of carbonyl (C=O) groups excluding carboxylic acids is 3. The largest absolute Gasteiger partial charge is 0.472 e. The zero-order chi connectivity index (χ0) is 82.2. The predicted molar refractivity (Wildman–Crippen MR) is 472 cm³/mol. The first-order chi connectivity index (χ1) is 55.2. The van der Waals surface area contributed by atoms with Gasteiger partial charge in [-0.25, -0.2) is 9.13 Å². The second-order valence-electron chi connectivity index (χ2n) is 29.7. The molecule has 0 amide bonds. The molecule has 0 saturated carbocycles. The SMILES string of the molecule is CC/C=C\C/C=C\C/C=C\C/C=C\C/C=C\CCCCCCCCCCCCCCCC(=O)OCC(O)COP(=O)(O)OCC(O)COP(=O)(O)OCC(COC(=O)CCCCCCCCCCC/C=C\C/C=C\C/C=C\C/C=C\CCCCC)OC(=O)CCCCCCCCC/C=C\C/C=C\C/C=C\C/C=C\CCCCC. The Morgan fingerprint density at radius 1 is 0.257 bits per heavy atom. The van der Waals surface area contributed by atoms with Crippen LogP contribution in [0.5, 0.6) is 0 Å². The van der Waals surface area contributed by atoms with Crippen molar-refractivity contribution in [2.45, 2.75) is 386 Å². The third kappa shape index (κ3) is 87.8. The number of aliphatic hydroxyl groups excluding tert-OH is 2. The number of allylic oxidation sites excluding steroid dienone is 26. The second-order valence-corrected chi connectivity index (χ2v) is 32.6. The molecule has 18 heteroatoms. The Morgan fingerprint density at radius 3 is 0.743 bits per heavy atom. The van der Waals surface area contributed by atoms with Crippen LogP contribution in [0.4, 0.5) is 0 Å². The lowest BCUT2D eigenvalue weighted by Crippen LogP contribution is -2.30. The molecule has 0 aromatic carbocycles. The first kappa shape index (κ1) is 108. The third-order valence-corrected chi connectivity index (χ3v) is 20.6. The molecule has 16 nitrogen and oxygen atoms in total. The maximum atomic E-state index is 13.1. The van der Waals surface area contributed by atoms with E-state index < -0.39 is 91.5 Å². The van der Waals surface area contributed by atoms with Gasteiger partial charge in [-0.3, -0.25) is 32.5 Å². The number of ether oxygens (including phenoxy) is 3. The van der Waals surface area contributed by atoms with Crippen LogP contribution >= 0.6 is 15.6 Å². The standard InChI is InChI=1S/C95H162O16P2/c1-4-7-10-13-16-19-22-25-28-31-34-37-40-42-43-44-45-47-50-51-54-57-60-63-66-69-72-75-78-81-93(98)105-84-90(96)85-107-112(101,102)108-86-91(97)87-109-113(103,104)110-89-92(111-95(100)83-80-77-74-71-68-65-62-59-56-53-48-39-36-33-30-27-24-21-18-15-12-9-6-3)88-106-94(99)82-79-76-73-70-67-64-61-58-55-52-49-46-41-38-35-32-29-26-23-20-17-14-11-8-5-2/h7,10,16-21,25-30,34-39,42-43,46,49,53,56,90-92,96-97H,4-6,8-9,11-15,22-24,31-33,40-41,44-45,47-48,50-52,54-55,57-89H2,1-3H3,(H,101,102)(H,103,104)/b10-7-,19-16-,20-17-,21-18-,28-25-,29-26-,30-27-,37-34-,38-35-,39-36-,43-42-,49-46-,56-53-. The maximum Gasteiger partial charge on any atom is 0.472 e. The van der Waals surface area contributed by atoms with Gasteiger partial charge in [-0.2, -0.15) is 0 Å². The second kappa shape index (κ2) is 86.5. The number of rotatable bonds is 84. The van der Waals surface area contributed by atoms with E-state index in [9.17, 15) is 43.5 Å². The molecule has 113 heavy (non-hydrogen) atoms. The van der Waals surface area contributed by atoms with E-state index in [1.807, 2.05) is 0 Å². The fourth-order valence-electron chi connectivity index (χ4n) is 11.9. The summed E-state index contributed by atoms with van der Waals surface area (Å²) in [5.41, 5.74) is 0. The zero-order valence-electron chi connectivity index (χ0n) is 71.3. The number of carbonyl (C=O) groups is 3. The average molecular weight is 1620 g/mol. The number of unbranched alkanes of at least 4 members (excludes halogenated alkanes) is 35. The van der Waals surface area contributed by atoms with Gasteiger partial charge in [0.25, 0.3) is 0 Å². The lowest BCUT2D eigenvalue weighted by atomic mass is 10.0. The van der Waals surface area contributed by atoms with Gasteiger partial charge >= 0.3 is 33.6 Å². The Hall–Kier alpha value is -4.83. The summed E-state index contributed by atoms with van der Waals surface area (Å²) in [6, 6.07) is 0. The molecule has 0 aromatic rings. The first-order valence-electron chi connectivity index (χ1n) is 44.8. The van der Waals surface area contributed by atoms with Crippen LogP contribution in [0.25, 0.3) is 0 Å². The van der Waals surface area contributed by atoms with E-state index in [0.717, 1.165) is 173 Å². The van der Waals surface area contributed by atoms with Crippen LogP contribution in [0, 0.1) is 0 Å². The van der Waals surface area contributed by atoms with E-state index in [1.165, 1.54) is 135 Å². The van der Waals surface area contributed by atoms with Crippen molar-refractivity contribution in [2.24, 2.45) is 0 Å². The highest BCUT2D eigenvalue weighted by atomic mass is 31.2. The van der Waals surface area contributed by atoms with Crippen molar-refractivity contribution in [3.63, 3.8) is 0 Å². The van der Waals surface area contributed by atoms with Crippen molar-refractivity contribution in [1.82, 2.24) is 0 Å². The van der Waals surface area contributed by atoms with Crippen molar-refractivity contribution < 1.29 is 75.8 Å². The van der Waals surface area contributed by atoms with Crippen molar-refractivity contribution >= 4 is 33.6 Å². The average Bonchev–Trinajstić information content (AvgIpc) is 0.899. The first-order valence-corrected chi connectivity index (χ1v) is 47.8. The zero-order valence-corrected chi connectivity index (χ0v) is 73.0. The summed E-state index contributed by atoms with van der Waals surface area (Å²) in [5.74, 6) is -1.59. The number of esters is 3. The molecule has 0 radical (unpaired) electrons. The van der Waals surface area contributed by atoms with Gasteiger partial charge in [0.05, 0.1) is 26.4 Å². The summed E-state index contributed by atoms with van der Waals surface area (Å²) < 4.78 is 61.4. The highest BCUT2D eigenvalue weighted by Crippen LogP contribution is 2.45. The molecule has 0 aliphatic rings. The minimum Gasteiger partial charge on any atom is -0.463 e.